The maximum absolute atomic E-state index is 13.4. The van der Waals surface area contributed by atoms with Gasteiger partial charge in [-0.2, -0.15) is 13.2 Å². The van der Waals surface area contributed by atoms with Crippen molar-refractivity contribution < 1.29 is 37.1 Å². The molecule has 1 unspecified atom stereocenters. The summed E-state index contributed by atoms with van der Waals surface area (Å²) >= 11 is 0. The van der Waals surface area contributed by atoms with Crippen molar-refractivity contribution in [3.05, 3.63) is 120 Å². The molecular weight excluding hydrogens is 587 g/mol. The normalized spacial score (nSPS) is 12.0. The summed E-state index contributed by atoms with van der Waals surface area (Å²) in [5, 5.41) is 18.1. The van der Waals surface area contributed by atoms with Crippen LogP contribution in [0.15, 0.2) is 108 Å². The van der Waals surface area contributed by atoms with E-state index >= 15 is 0 Å². The number of para-hydroxylation sites is 1. The summed E-state index contributed by atoms with van der Waals surface area (Å²) in [7, 11) is 0. The summed E-state index contributed by atoms with van der Waals surface area (Å²) < 4.78 is 45.0. The first-order chi connectivity index (χ1) is 21.5. The third-order valence-electron chi connectivity index (χ3n) is 7.01. The van der Waals surface area contributed by atoms with E-state index in [1.54, 1.807) is 12.1 Å². The van der Waals surface area contributed by atoms with Gasteiger partial charge in [-0.3, -0.25) is 14.4 Å². The molecule has 1 atom stereocenters. The molecule has 45 heavy (non-hydrogen) atoms. The largest absolute Gasteiger partial charge is 0.481 e. The minimum atomic E-state index is -4.50. The quantitative estimate of drug-likeness (QED) is 0.127. The number of hydrogen-bond donors (Lipinski definition) is 4. The summed E-state index contributed by atoms with van der Waals surface area (Å²) in [5.74, 6) is -1.25. The Morgan fingerprint density at radius 1 is 0.822 bits per heavy atom. The zero-order valence-corrected chi connectivity index (χ0v) is 23.7. The highest BCUT2D eigenvalue weighted by Gasteiger charge is 2.30. The second-order valence-corrected chi connectivity index (χ2v) is 10.3. The standard InChI is InChI=1S/C34H28F3N3O5/c35-34(36,37)25-11-15-27(16-12-25)40-33(44)28(39-26-13-9-23(10-14-26)32(43)38-18-17-31(41)42)19-21-5-7-22(8-6-21)30-20-24-3-1-2-4-29(24)45-30/h1-16,20,28,39H,17-19H2,(H,38,43)(H,40,44)(H,41,42). The van der Waals surface area contributed by atoms with E-state index < -0.39 is 35.6 Å². The molecule has 0 saturated carbocycles. The van der Waals surface area contributed by atoms with Gasteiger partial charge in [-0.05, 0) is 66.2 Å². The maximum Gasteiger partial charge on any atom is 0.416 e. The second kappa shape index (κ2) is 13.4. The fourth-order valence-corrected chi connectivity index (χ4v) is 4.65. The number of benzene rings is 4. The Balaban J connectivity index is 1.32. The lowest BCUT2D eigenvalue weighted by atomic mass is 10.0. The van der Waals surface area contributed by atoms with Gasteiger partial charge < -0.3 is 25.5 Å². The van der Waals surface area contributed by atoms with Crippen LogP contribution >= 0.6 is 0 Å². The van der Waals surface area contributed by atoms with Crippen molar-refractivity contribution in [1.29, 1.82) is 0 Å². The zero-order chi connectivity index (χ0) is 32.0. The van der Waals surface area contributed by atoms with Crippen LogP contribution in [-0.2, 0) is 22.2 Å². The van der Waals surface area contributed by atoms with Gasteiger partial charge >= 0.3 is 12.1 Å². The fraction of sp³-hybridized carbons (Fsp3) is 0.147. The number of alkyl halides is 3. The van der Waals surface area contributed by atoms with Crippen molar-refractivity contribution in [3.63, 3.8) is 0 Å². The maximum atomic E-state index is 13.4. The van der Waals surface area contributed by atoms with E-state index in [1.165, 1.54) is 24.3 Å². The third kappa shape index (κ3) is 8.08. The Morgan fingerprint density at radius 3 is 2.13 bits per heavy atom. The van der Waals surface area contributed by atoms with Crippen LogP contribution in [0, 0.1) is 0 Å². The predicted octanol–water partition coefficient (Wildman–Crippen LogP) is 6.99. The molecule has 0 radical (unpaired) electrons. The first-order valence-electron chi connectivity index (χ1n) is 14.0. The molecule has 0 fully saturated rings. The molecule has 0 aliphatic rings. The van der Waals surface area contributed by atoms with Gasteiger partial charge in [0.05, 0.1) is 12.0 Å². The molecule has 0 bridgehead atoms. The van der Waals surface area contributed by atoms with Gasteiger partial charge in [0.1, 0.15) is 17.4 Å². The Labute approximate surface area is 255 Å². The van der Waals surface area contributed by atoms with Crippen molar-refractivity contribution in [2.45, 2.75) is 25.1 Å². The zero-order valence-electron chi connectivity index (χ0n) is 23.7. The van der Waals surface area contributed by atoms with Gasteiger partial charge in [0, 0.05) is 40.9 Å². The van der Waals surface area contributed by atoms with Crippen molar-refractivity contribution in [2.24, 2.45) is 0 Å². The molecule has 2 amide bonds. The van der Waals surface area contributed by atoms with Crippen LogP contribution < -0.4 is 16.0 Å². The molecular formula is C34H28F3N3O5. The average molecular weight is 616 g/mol. The Morgan fingerprint density at radius 2 is 1.49 bits per heavy atom. The molecule has 1 heterocycles. The Bertz CT molecular complexity index is 1770. The van der Waals surface area contributed by atoms with Crippen LogP contribution in [0.1, 0.15) is 27.9 Å². The minimum Gasteiger partial charge on any atom is -0.481 e. The number of rotatable bonds is 11. The van der Waals surface area contributed by atoms with E-state index in [0.29, 0.717) is 17.0 Å². The topological polar surface area (TPSA) is 121 Å². The first-order valence-corrected chi connectivity index (χ1v) is 14.0. The highest BCUT2D eigenvalue weighted by Crippen LogP contribution is 2.30. The van der Waals surface area contributed by atoms with Crippen LogP contribution in [0.2, 0.25) is 0 Å². The lowest BCUT2D eigenvalue weighted by molar-refractivity contribution is -0.138. The number of aliphatic carboxylic acids is 1. The Kier molecular flexibility index (Phi) is 9.17. The molecule has 5 rings (SSSR count). The number of amides is 2. The van der Waals surface area contributed by atoms with Gasteiger partial charge in [-0.25, -0.2) is 0 Å². The summed E-state index contributed by atoms with van der Waals surface area (Å²) in [4.78, 5) is 36.4. The number of halogens is 3. The van der Waals surface area contributed by atoms with E-state index in [4.69, 9.17) is 9.52 Å². The highest BCUT2D eigenvalue weighted by molar-refractivity contribution is 5.97. The smallest absolute Gasteiger partial charge is 0.416 e. The summed E-state index contributed by atoms with van der Waals surface area (Å²) in [5.41, 5.74) is 2.63. The SMILES string of the molecule is O=C(O)CCNC(=O)c1ccc(NC(Cc2ccc(-c3cc4ccccc4o3)cc2)C(=O)Nc2ccc(C(F)(F)F)cc2)cc1. The van der Waals surface area contributed by atoms with Crippen molar-refractivity contribution in [1.82, 2.24) is 5.32 Å². The van der Waals surface area contributed by atoms with E-state index in [0.717, 1.165) is 34.2 Å². The molecule has 0 aliphatic carbocycles. The number of anilines is 2. The number of nitrogens with one attached hydrogen (secondary N) is 3. The number of furan rings is 1. The molecule has 5 aromatic rings. The summed E-state index contributed by atoms with van der Waals surface area (Å²) in [6.07, 6.45) is -4.48. The monoisotopic (exact) mass is 615 g/mol. The molecule has 11 heteroatoms. The van der Waals surface area contributed by atoms with Crippen molar-refractivity contribution in [2.75, 3.05) is 17.2 Å². The van der Waals surface area contributed by atoms with Gasteiger partial charge in [-0.15, -0.1) is 0 Å². The van der Waals surface area contributed by atoms with E-state index in [-0.39, 0.29) is 25.1 Å². The lowest BCUT2D eigenvalue weighted by Crippen LogP contribution is -2.36. The molecule has 230 valence electrons. The number of hydrogen-bond acceptors (Lipinski definition) is 5. The van der Waals surface area contributed by atoms with Gasteiger partial charge in [-0.1, -0.05) is 42.5 Å². The number of carboxylic acid groups (broad SMARTS) is 1. The second-order valence-electron chi connectivity index (χ2n) is 10.3. The van der Waals surface area contributed by atoms with Crippen molar-refractivity contribution in [3.8, 4) is 11.3 Å². The highest BCUT2D eigenvalue weighted by atomic mass is 19.4. The van der Waals surface area contributed by atoms with Gasteiger partial charge in [0.2, 0.25) is 5.91 Å². The lowest BCUT2D eigenvalue weighted by Gasteiger charge is -2.20. The third-order valence-corrected chi connectivity index (χ3v) is 7.01. The van der Waals surface area contributed by atoms with E-state index in [2.05, 4.69) is 16.0 Å². The first kappa shape index (κ1) is 30.9. The van der Waals surface area contributed by atoms with E-state index in [1.807, 2.05) is 54.6 Å². The van der Waals surface area contributed by atoms with Crippen molar-refractivity contribution >= 4 is 40.1 Å². The fourth-order valence-electron chi connectivity index (χ4n) is 4.65. The molecule has 1 aromatic heterocycles. The molecule has 4 N–H and O–H groups in total. The van der Waals surface area contributed by atoms with Crippen LogP contribution in [0.3, 0.4) is 0 Å². The van der Waals surface area contributed by atoms with Crippen LogP contribution in [0.4, 0.5) is 24.5 Å². The Hall–Kier alpha value is -5.58. The van der Waals surface area contributed by atoms with Gasteiger partial charge in [0.15, 0.2) is 0 Å². The number of carboxylic acids is 1. The number of carbonyl (C=O) groups excluding carboxylic acids is 2. The molecule has 0 saturated heterocycles. The molecule has 0 aliphatic heterocycles. The van der Waals surface area contributed by atoms with E-state index in [9.17, 15) is 27.6 Å². The number of fused-ring (bicyclic) bond motifs is 1. The summed E-state index contributed by atoms with van der Waals surface area (Å²) in [6, 6.07) is 26.7. The molecule has 0 spiro atoms. The molecule has 4 aromatic carbocycles. The average Bonchev–Trinajstić information content (AvgIpc) is 3.45. The van der Waals surface area contributed by atoms with Crippen LogP contribution in [-0.4, -0.2) is 35.5 Å². The van der Waals surface area contributed by atoms with Gasteiger partial charge in [0.25, 0.3) is 5.91 Å². The van der Waals surface area contributed by atoms with Crippen LogP contribution in [0.25, 0.3) is 22.3 Å². The predicted molar refractivity (Wildman–Crippen MR) is 164 cm³/mol. The molecule has 8 nitrogen and oxygen atoms in total. The minimum absolute atomic E-state index is 0.0184. The van der Waals surface area contributed by atoms with Crippen LogP contribution in [0.5, 0.6) is 0 Å². The number of carbonyl (C=O) groups is 3. The summed E-state index contributed by atoms with van der Waals surface area (Å²) in [6.45, 7) is -0.0184.